The summed E-state index contributed by atoms with van der Waals surface area (Å²) in [6, 6.07) is 3.57. The molecule has 0 spiro atoms. The fourth-order valence-corrected chi connectivity index (χ4v) is 1.81. The number of nitrogens with zero attached hydrogens (tertiary/aromatic N) is 1. The van der Waals surface area contributed by atoms with Crippen LogP contribution in [0, 0.1) is 5.92 Å². The number of pyridine rings is 1. The molecule has 5 nitrogen and oxygen atoms in total. The van der Waals surface area contributed by atoms with Crippen LogP contribution in [0.4, 0.5) is 5.82 Å². The molecule has 1 saturated carbocycles. The molecule has 0 aliphatic heterocycles. The molecule has 3 N–H and O–H groups in total. The van der Waals surface area contributed by atoms with E-state index in [0.717, 1.165) is 0 Å². The number of nitrogens with two attached hydrogens (primary N) is 1. The van der Waals surface area contributed by atoms with Crippen LogP contribution >= 0.6 is 0 Å². The maximum atomic E-state index is 11.4. The molecule has 1 aromatic heterocycles. The van der Waals surface area contributed by atoms with Crippen molar-refractivity contribution in [2.24, 2.45) is 11.7 Å². The second-order valence-electron chi connectivity index (χ2n) is 4.25. The lowest BCUT2D eigenvalue weighted by atomic mass is 10.2. The molecular weight excluding hydrogens is 218 g/mol. The van der Waals surface area contributed by atoms with Crippen molar-refractivity contribution in [2.45, 2.75) is 18.9 Å². The van der Waals surface area contributed by atoms with E-state index >= 15 is 0 Å². The van der Waals surface area contributed by atoms with Crippen molar-refractivity contribution in [3.05, 3.63) is 23.9 Å². The Balaban J connectivity index is 2.07. The van der Waals surface area contributed by atoms with Gasteiger partial charge in [-0.25, -0.2) is 9.78 Å². The van der Waals surface area contributed by atoms with Gasteiger partial charge in [-0.05, 0) is 30.9 Å². The van der Waals surface area contributed by atoms with Gasteiger partial charge in [0.25, 0.3) is 0 Å². The summed E-state index contributed by atoms with van der Waals surface area (Å²) in [5, 5.41) is 3.27. The highest BCUT2D eigenvalue weighted by Crippen LogP contribution is 2.33. The Bertz CT molecular complexity index is 404. The van der Waals surface area contributed by atoms with Gasteiger partial charge < -0.3 is 15.8 Å². The van der Waals surface area contributed by atoms with E-state index in [-0.39, 0.29) is 12.0 Å². The number of methoxy groups -OCH3 is 1. The minimum atomic E-state index is -0.355. The minimum absolute atomic E-state index is 0.246. The Morgan fingerprint density at radius 1 is 1.71 bits per heavy atom. The second kappa shape index (κ2) is 5.14. The number of hydrogen-bond acceptors (Lipinski definition) is 5. The first-order valence-corrected chi connectivity index (χ1v) is 5.75. The summed E-state index contributed by atoms with van der Waals surface area (Å²) in [5.74, 6) is 0.963. The van der Waals surface area contributed by atoms with Crippen LogP contribution in [0.3, 0.4) is 0 Å². The molecule has 1 atom stereocenters. The minimum Gasteiger partial charge on any atom is -0.465 e. The SMILES string of the molecule is COC(=O)c1ccnc(NC(CN)C2CC2)c1. The number of esters is 1. The first-order valence-electron chi connectivity index (χ1n) is 5.75. The average molecular weight is 235 g/mol. The summed E-state index contributed by atoms with van der Waals surface area (Å²) < 4.78 is 4.66. The van der Waals surface area contributed by atoms with E-state index in [4.69, 9.17) is 5.73 Å². The van der Waals surface area contributed by atoms with Gasteiger partial charge in [0.15, 0.2) is 0 Å². The van der Waals surface area contributed by atoms with Gasteiger partial charge in [-0.15, -0.1) is 0 Å². The number of rotatable bonds is 5. The van der Waals surface area contributed by atoms with E-state index < -0.39 is 0 Å². The molecule has 92 valence electrons. The molecule has 1 fully saturated rings. The number of aromatic nitrogens is 1. The number of anilines is 1. The van der Waals surface area contributed by atoms with Crippen LogP contribution in [-0.4, -0.2) is 30.6 Å². The zero-order valence-electron chi connectivity index (χ0n) is 9.85. The van der Waals surface area contributed by atoms with Crippen molar-refractivity contribution < 1.29 is 9.53 Å². The number of ether oxygens (including phenoxy) is 1. The molecule has 2 rings (SSSR count). The zero-order chi connectivity index (χ0) is 12.3. The summed E-state index contributed by atoms with van der Waals surface area (Å²) >= 11 is 0. The van der Waals surface area contributed by atoms with E-state index in [2.05, 4.69) is 15.0 Å². The molecule has 0 radical (unpaired) electrons. The summed E-state index contributed by atoms with van der Waals surface area (Å²) in [6.45, 7) is 0.578. The van der Waals surface area contributed by atoms with Gasteiger partial charge in [0.05, 0.1) is 12.7 Å². The van der Waals surface area contributed by atoms with Crippen molar-refractivity contribution in [2.75, 3.05) is 19.0 Å². The molecule has 17 heavy (non-hydrogen) atoms. The average Bonchev–Trinajstić information content (AvgIpc) is 3.19. The zero-order valence-corrected chi connectivity index (χ0v) is 9.85. The van der Waals surface area contributed by atoms with E-state index in [1.54, 1.807) is 18.3 Å². The van der Waals surface area contributed by atoms with Gasteiger partial charge in [0.2, 0.25) is 0 Å². The predicted octanol–water partition coefficient (Wildman–Crippen LogP) is 1.02. The smallest absolute Gasteiger partial charge is 0.338 e. The van der Waals surface area contributed by atoms with Crippen molar-refractivity contribution in [3.63, 3.8) is 0 Å². The molecule has 0 saturated heterocycles. The van der Waals surface area contributed by atoms with E-state index in [9.17, 15) is 4.79 Å². The number of carbonyl (C=O) groups excluding carboxylic acids is 1. The first-order chi connectivity index (χ1) is 8.24. The van der Waals surface area contributed by atoms with E-state index in [1.807, 2.05) is 0 Å². The maximum absolute atomic E-state index is 11.4. The highest BCUT2D eigenvalue weighted by atomic mass is 16.5. The Morgan fingerprint density at radius 3 is 3.06 bits per heavy atom. The highest BCUT2D eigenvalue weighted by molar-refractivity contribution is 5.89. The van der Waals surface area contributed by atoms with Gasteiger partial charge >= 0.3 is 5.97 Å². The lowest BCUT2D eigenvalue weighted by Crippen LogP contribution is -2.31. The Labute approximate surface area is 100 Å². The van der Waals surface area contributed by atoms with Gasteiger partial charge in [0.1, 0.15) is 5.82 Å². The van der Waals surface area contributed by atoms with Crippen LogP contribution in [0.5, 0.6) is 0 Å². The third kappa shape index (κ3) is 2.94. The molecule has 1 unspecified atom stereocenters. The Kier molecular flexibility index (Phi) is 3.58. The monoisotopic (exact) mass is 235 g/mol. The number of carbonyl (C=O) groups is 1. The molecule has 0 aromatic carbocycles. The van der Waals surface area contributed by atoms with Gasteiger partial charge in [-0.2, -0.15) is 0 Å². The maximum Gasteiger partial charge on any atom is 0.338 e. The third-order valence-corrected chi connectivity index (χ3v) is 2.96. The van der Waals surface area contributed by atoms with Crippen molar-refractivity contribution in [1.82, 2.24) is 4.98 Å². The predicted molar refractivity (Wildman–Crippen MR) is 64.8 cm³/mol. The lowest BCUT2D eigenvalue weighted by Gasteiger charge is -2.16. The molecule has 1 aliphatic rings. The molecule has 1 aliphatic carbocycles. The first kappa shape index (κ1) is 11.9. The molecule has 1 heterocycles. The van der Waals surface area contributed by atoms with Gasteiger partial charge in [-0.1, -0.05) is 0 Å². The van der Waals surface area contributed by atoms with Crippen LogP contribution in [-0.2, 0) is 4.74 Å². The van der Waals surface area contributed by atoms with Crippen molar-refractivity contribution in [3.8, 4) is 0 Å². The Morgan fingerprint density at radius 2 is 2.47 bits per heavy atom. The van der Waals surface area contributed by atoms with Gasteiger partial charge in [0, 0.05) is 18.8 Å². The van der Waals surface area contributed by atoms with E-state index in [0.29, 0.717) is 23.8 Å². The summed E-state index contributed by atoms with van der Waals surface area (Å²) in [5.41, 5.74) is 6.20. The summed E-state index contributed by atoms with van der Waals surface area (Å²) in [7, 11) is 1.36. The second-order valence-corrected chi connectivity index (χ2v) is 4.25. The van der Waals surface area contributed by atoms with Gasteiger partial charge in [-0.3, -0.25) is 0 Å². The standard InChI is InChI=1S/C12H17N3O2/c1-17-12(16)9-4-5-14-11(6-9)15-10(7-13)8-2-3-8/h4-6,8,10H,2-3,7,13H2,1H3,(H,14,15). The van der Waals surface area contributed by atoms with E-state index in [1.165, 1.54) is 20.0 Å². The molecule has 1 aromatic rings. The number of nitrogens with one attached hydrogen (secondary N) is 1. The van der Waals surface area contributed by atoms with Crippen molar-refractivity contribution in [1.29, 1.82) is 0 Å². The normalized spacial score (nSPS) is 16.4. The molecule has 5 heteroatoms. The highest BCUT2D eigenvalue weighted by Gasteiger charge is 2.30. The fourth-order valence-electron chi connectivity index (χ4n) is 1.81. The molecule has 0 bridgehead atoms. The van der Waals surface area contributed by atoms with Crippen LogP contribution in [0.25, 0.3) is 0 Å². The lowest BCUT2D eigenvalue weighted by molar-refractivity contribution is 0.0600. The summed E-state index contributed by atoms with van der Waals surface area (Å²) in [4.78, 5) is 15.5. The van der Waals surface area contributed by atoms with Crippen LogP contribution in [0.1, 0.15) is 23.2 Å². The molecule has 0 amide bonds. The molecular formula is C12H17N3O2. The topological polar surface area (TPSA) is 77.2 Å². The number of hydrogen-bond donors (Lipinski definition) is 2. The van der Waals surface area contributed by atoms with Crippen molar-refractivity contribution >= 4 is 11.8 Å². The van der Waals surface area contributed by atoms with Crippen LogP contribution in [0.2, 0.25) is 0 Å². The van der Waals surface area contributed by atoms with Crippen LogP contribution < -0.4 is 11.1 Å². The third-order valence-electron chi connectivity index (χ3n) is 2.96. The van der Waals surface area contributed by atoms with Crippen LogP contribution in [0.15, 0.2) is 18.3 Å². The summed E-state index contributed by atoms with van der Waals surface area (Å²) in [6.07, 6.45) is 4.02. The fraction of sp³-hybridized carbons (Fsp3) is 0.500. The Hall–Kier alpha value is -1.62. The largest absolute Gasteiger partial charge is 0.465 e. The quantitative estimate of drug-likeness (QED) is 0.745.